The summed E-state index contributed by atoms with van der Waals surface area (Å²) in [6.45, 7) is 0.693. The van der Waals surface area contributed by atoms with E-state index in [9.17, 15) is 0 Å². The molecule has 78 valence electrons. The summed E-state index contributed by atoms with van der Waals surface area (Å²) in [5.41, 5.74) is 6.58. The van der Waals surface area contributed by atoms with Crippen LogP contribution in [0.4, 0.5) is 0 Å². The van der Waals surface area contributed by atoms with Gasteiger partial charge in [0.15, 0.2) is 0 Å². The molecule has 1 heterocycles. The van der Waals surface area contributed by atoms with Gasteiger partial charge in [-0.15, -0.1) is 0 Å². The zero-order valence-electron chi connectivity index (χ0n) is 8.41. The largest absolute Gasteiger partial charge is 0.330 e. The SMILES string of the molecule is NCCCc1nccc2c(Cl)cccc12. The van der Waals surface area contributed by atoms with Crippen molar-refractivity contribution in [1.29, 1.82) is 0 Å². The Morgan fingerprint density at radius 1 is 1.20 bits per heavy atom. The number of fused-ring (bicyclic) bond motifs is 1. The summed E-state index contributed by atoms with van der Waals surface area (Å²) in [5, 5.41) is 2.99. The van der Waals surface area contributed by atoms with Crippen LogP contribution in [0.3, 0.4) is 0 Å². The van der Waals surface area contributed by atoms with Gasteiger partial charge < -0.3 is 5.73 Å². The highest BCUT2D eigenvalue weighted by Gasteiger charge is 2.03. The van der Waals surface area contributed by atoms with Crippen molar-refractivity contribution in [1.82, 2.24) is 4.98 Å². The normalized spacial score (nSPS) is 10.8. The van der Waals surface area contributed by atoms with Crippen LogP contribution in [-0.4, -0.2) is 11.5 Å². The van der Waals surface area contributed by atoms with E-state index in [2.05, 4.69) is 11.1 Å². The molecule has 15 heavy (non-hydrogen) atoms. The lowest BCUT2D eigenvalue weighted by Crippen LogP contribution is -2.01. The predicted molar refractivity (Wildman–Crippen MR) is 64.1 cm³/mol. The first-order valence-corrected chi connectivity index (χ1v) is 5.43. The number of aryl methyl sites for hydroxylation is 1. The fourth-order valence-corrected chi connectivity index (χ4v) is 1.94. The van der Waals surface area contributed by atoms with E-state index >= 15 is 0 Å². The highest BCUT2D eigenvalue weighted by molar-refractivity contribution is 6.35. The molecule has 0 aliphatic rings. The minimum Gasteiger partial charge on any atom is -0.330 e. The minimum absolute atomic E-state index is 0.693. The third-order valence-corrected chi connectivity index (χ3v) is 2.78. The van der Waals surface area contributed by atoms with Crippen LogP contribution in [0.25, 0.3) is 10.8 Å². The van der Waals surface area contributed by atoms with Crippen LogP contribution in [0.15, 0.2) is 30.5 Å². The fourth-order valence-electron chi connectivity index (χ4n) is 1.70. The fraction of sp³-hybridized carbons (Fsp3) is 0.250. The maximum Gasteiger partial charge on any atom is 0.0485 e. The van der Waals surface area contributed by atoms with Gasteiger partial charge in [-0.05, 0) is 31.5 Å². The molecule has 0 fully saturated rings. The summed E-state index contributed by atoms with van der Waals surface area (Å²) < 4.78 is 0. The smallest absolute Gasteiger partial charge is 0.0485 e. The van der Waals surface area contributed by atoms with E-state index in [1.54, 1.807) is 6.20 Å². The quantitative estimate of drug-likeness (QED) is 0.864. The minimum atomic E-state index is 0.693. The second kappa shape index (κ2) is 4.60. The van der Waals surface area contributed by atoms with E-state index in [4.69, 9.17) is 17.3 Å². The molecule has 2 nitrogen and oxygen atoms in total. The summed E-state index contributed by atoms with van der Waals surface area (Å²) in [6.07, 6.45) is 3.67. The molecule has 0 saturated carbocycles. The van der Waals surface area contributed by atoms with Crippen LogP contribution in [0.1, 0.15) is 12.1 Å². The molecule has 1 aromatic heterocycles. The van der Waals surface area contributed by atoms with Gasteiger partial charge in [0.1, 0.15) is 0 Å². The van der Waals surface area contributed by atoms with Crippen LogP contribution in [-0.2, 0) is 6.42 Å². The lowest BCUT2D eigenvalue weighted by molar-refractivity contribution is 0.817. The van der Waals surface area contributed by atoms with Gasteiger partial charge >= 0.3 is 0 Å². The summed E-state index contributed by atoms with van der Waals surface area (Å²) in [5.74, 6) is 0. The Kier molecular flexibility index (Phi) is 3.19. The lowest BCUT2D eigenvalue weighted by Gasteiger charge is -2.05. The van der Waals surface area contributed by atoms with Crippen molar-refractivity contribution < 1.29 is 0 Å². The van der Waals surface area contributed by atoms with E-state index in [0.717, 1.165) is 34.3 Å². The van der Waals surface area contributed by atoms with Gasteiger partial charge in [-0.2, -0.15) is 0 Å². The molecule has 2 rings (SSSR count). The van der Waals surface area contributed by atoms with E-state index in [1.807, 2.05) is 18.2 Å². The molecule has 0 bridgehead atoms. The molecule has 0 aliphatic heterocycles. The zero-order chi connectivity index (χ0) is 10.7. The average Bonchev–Trinajstić information content (AvgIpc) is 2.27. The molecule has 0 saturated heterocycles. The number of aromatic nitrogens is 1. The maximum atomic E-state index is 6.11. The Morgan fingerprint density at radius 2 is 2.07 bits per heavy atom. The highest BCUT2D eigenvalue weighted by Crippen LogP contribution is 2.24. The van der Waals surface area contributed by atoms with Crippen molar-refractivity contribution in [2.24, 2.45) is 5.73 Å². The van der Waals surface area contributed by atoms with Gasteiger partial charge in [0, 0.05) is 27.7 Å². The van der Waals surface area contributed by atoms with Gasteiger partial charge in [-0.3, -0.25) is 4.98 Å². The predicted octanol–water partition coefficient (Wildman–Crippen LogP) is 2.78. The number of nitrogens with zero attached hydrogens (tertiary/aromatic N) is 1. The van der Waals surface area contributed by atoms with E-state index in [0.29, 0.717) is 6.54 Å². The Morgan fingerprint density at radius 3 is 2.87 bits per heavy atom. The molecule has 0 amide bonds. The van der Waals surface area contributed by atoms with Crippen molar-refractivity contribution in [3.8, 4) is 0 Å². The molecular weight excluding hydrogens is 208 g/mol. The molecule has 0 atom stereocenters. The summed E-state index contributed by atoms with van der Waals surface area (Å²) in [7, 11) is 0. The third-order valence-electron chi connectivity index (χ3n) is 2.45. The summed E-state index contributed by atoms with van der Waals surface area (Å²) in [6, 6.07) is 7.86. The third kappa shape index (κ3) is 2.11. The lowest BCUT2D eigenvalue weighted by atomic mass is 10.1. The number of halogens is 1. The standard InChI is InChI=1S/C12H13ClN2/c13-11-4-1-3-10-9(11)6-8-15-12(10)5-2-7-14/h1,3-4,6,8H,2,5,7,14H2. The number of hydrogen-bond acceptors (Lipinski definition) is 2. The Bertz CT molecular complexity index is 468. The first-order chi connectivity index (χ1) is 7.33. The molecule has 0 aliphatic carbocycles. The average molecular weight is 221 g/mol. The van der Waals surface area contributed by atoms with Crippen molar-refractivity contribution in [2.75, 3.05) is 6.54 Å². The summed E-state index contributed by atoms with van der Waals surface area (Å²) >= 11 is 6.11. The number of pyridine rings is 1. The van der Waals surface area contributed by atoms with E-state index < -0.39 is 0 Å². The van der Waals surface area contributed by atoms with Crippen LogP contribution < -0.4 is 5.73 Å². The van der Waals surface area contributed by atoms with Crippen molar-refractivity contribution in [2.45, 2.75) is 12.8 Å². The number of nitrogens with two attached hydrogens (primary N) is 1. The van der Waals surface area contributed by atoms with Gasteiger partial charge in [-0.25, -0.2) is 0 Å². The van der Waals surface area contributed by atoms with Gasteiger partial charge in [0.05, 0.1) is 0 Å². The van der Waals surface area contributed by atoms with Crippen molar-refractivity contribution in [3.05, 3.63) is 41.2 Å². The second-order valence-electron chi connectivity index (χ2n) is 3.48. The first kappa shape index (κ1) is 10.4. The first-order valence-electron chi connectivity index (χ1n) is 5.05. The number of hydrogen-bond donors (Lipinski definition) is 1. The molecule has 3 heteroatoms. The Labute approximate surface area is 94.1 Å². The Hall–Kier alpha value is -1.12. The molecule has 1 aromatic carbocycles. The monoisotopic (exact) mass is 220 g/mol. The Balaban J connectivity index is 2.51. The topological polar surface area (TPSA) is 38.9 Å². The highest BCUT2D eigenvalue weighted by atomic mass is 35.5. The van der Waals surface area contributed by atoms with Gasteiger partial charge in [-0.1, -0.05) is 23.7 Å². The molecule has 2 N–H and O–H groups in total. The summed E-state index contributed by atoms with van der Waals surface area (Å²) in [4.78, 5) is 4.37. The van der Waals surface area contributed by atoms with Crippen molar-refractivity contribution >= 4 is 22.4 Å². The zero-order valence-corrected chi connectivity index (χ0v) is 9.17. The van der Waals surface area contributed by atoms with Crippen LogP contribution in [0.2, 0.25) is 5.02 Å². The molecule has 0 radical (unpaired) electrons. The van der Waals surface area contributed by atoms with E-state index in [1.165, 1.54) is 0 Å². The number of rotatable bonds is 3. The molecular formula is C12H13ClN2. The molecule has 0 unspecified atom stereocenters. The van der Waals surface area contributed by atoms with E-state index in [-0.39, 0.29) is 0 Å². The van der Waals surface area contributed by atoms with Gasteiger partial charge in [0.25, 0.3) is 0 Å². The number of benzene rings is 1. The molecule has 2 aromatic rings. The molecule has 0 spiro atoms. The van der Waals surface area contributed by atoms with Gasteiger partial charge in [0.2, 0.25) is 0 Å². The van der Waals surface area contributed by atoms with Crippen LogP contribution >= 0.6 is 11.6 Å². The van der Waals surface area contributed by atoms with Crippen LogP contribution in [0.5, 0.6) is 0 Å². The van der Waals surface area contributed by atoms with Crippen molar-refractivity contribution in [3.63, 3.8) is 0 Å². The second-order valence-corrected chi connectivity index (χ2v) is 3.89. The van der Waals surface area contributed by atoms with Crippen LogP contribution in [0, 0.1) is 0 Å². The maximum absolute atomic E-state index is 6.11.